The molecule has 6 heteroatoms. The third kappa shape index (κ3) is 5.26. The number of hydrogen-bond acceptors (Lipinski definition) is 3. The first kappa shape index (κ1) is 18.4. The van der Waals surface area contributed by atoms with Crippen molar-refractivity contribution in [3.05, 3.63) is 58.0 Å². The van der Waals surface area contributed by atoms with E-state index in [1.807, 2.05) is 38.1 Å². The van der Waals surface area contributed by atoms with E-state index in [1.165, 1.54) is 0 Å². The molecule has 0 spiro atoms. The predicted molar refractivity (Wildman–Crippen MR) is 102 cm³/mol. The average Bonchev–Trinajstić information content (AvgIpc) is 2.59. The Morgan fingerprint density at radius 3 is 2.44 bits per heavy atom. The van der Waals surface area contributed by atoms with Crippen LogP contribution in [0.15, 0.2) is 41.5 Å². The van der Waals surface area contributed by atoms with Gasteiger partial charge in [-0.2, -0.15) is 0 Å². The number of nitrogens with one attached hydrogen (secondary N) is 1. The summed E-state index contributed by atoms with van der Waals surface area (Å²) in [5.41, 5.74) is 19.9. The van der Waals surface area contributed by atoms with E-state index in [0.717, 1.165) is 33.6 Å². The number of carbonyl (C=O) groups excluding carboxylic acids is 1. The summed E-state index contributed by atoms with van der Waals surface area (Å²) in [5, 5.41) is 6.40. The van der Waals surface area contributed by atoms with Gasteiger partial charge in [0.15, 0.2) is 0 Å². The van der Waals surface area contributed by atoms with E-state index in [2.05, 4.69) is 27.5 Å². The largest absolute Gasteiger partial charge is 0.399 e. The SMILES string of the molecule is Cc1cc(-c2ccc(NC(=O)CCCCN=[N+]=[N-])c(C)c2)ccc1N. The van der Waals surface area contributed by atoms with Gasteiger partial charge in [0.25, 0.3) is 0 Å². The van der Waals surface area contributed by atoms with E-state index in [-0.39, 0.29) is 5.91 Å². The number of unbranched alkanes of at least 4 members (excludes halogenated alkanes) is 1. The molecule has 2 aromatic carbocycles. The van der Waals surface area contributed by atoms with Gasteiger partial charge in [-0.3, -0.25) is 4.79 Å². The highest BCUT2D eigenvalue weighted by atomic mass is 16.1. The molecule has 0 radical (unpaired) electrons. The zero-order valence-electron chi connectivity index (χ0n) is 14.6. The Morgan fingerprint density at radius 2 is 1.80 bits per heavy atom. The van der Waals surface area contributed by atoms with Gasteiger partial charge in [-0.05, 0) is 78.7 Å². The number of carbonyl (C=O) groups is 1. The molecule has 6 nitrogen and oxygen atoms in total. The van der Waals surface area contributed by atoms with Gasteiger partial charge in [0, 0.05) is 29.3 Å². The van der Waals surface area contributed by atoms with Gasteiger partial charge in [-0.1, -0.05) is 17.2 Å². The van der Waals surface area contributed by atoms with Crippen molar-refractivity contribution in [2.45, 2.75) is 33.1 Å². The molecule has 0 aliphatic heterocycles. The second-order valence-electron chi connectivity index (χ2n) is 6.06. The number of benzene rings is 2. The number of anilines is 2. The molecule has 1 amide bonds. The fourth-order valence-corrected chi connectivity index (χ4v) is 2.56. The minimum Gasteiger partial charge on any atom is -0.399 e. The monoisotopic (exact) mass is 337 g/mol. The molecule has 0 bridgehead atoms. The van der Waals surface area contributed by atoms with Crippen LogP contribution in [0.25, 0.3) is 21.6 Å². The van der Waals surface area contributed by atoms with Crippen molar-refractivity contribution in [2.75, 3.05) is 17.6 Å². The number of amides is 1. The van der Waals surface area contributed by atoms with Crippen LogP contribution in [0.4, 0.5) is 11.4 Å². The highest BCUT2D eigenvalue weighted by Gasteiger charge is 2.07. The minimum absolute atomic E-state index is 0.0277. The Morgan fingerprint density at radius 1 is 1.12 bits per heavy atom. The lowest BCUT2D eigenvalue weighted by Gasteiger charge is -2.11. The smallest absolute Gasteiger partial charge is 0.224 e. The van der Waals surface area contributed by atoms with E-state index in [1.54, 1.807) is 0 Å². The molecular weight excluding hydrogens is 314 g/mol. The van der Waals surface area contributed by atoms with Crippen LogP contribution in [0.1, 0.15) is 30.4 Å². The van der Waals surface area contributed by atoms with E-state index in [4.69, 9.17) is 11.3 Å². The Kier molecular flexibility index (Phi) is 6.43. The summed E-state index contributed by atoms with van der Waals surface area (Å²) >= 11 is 0. The lowest BCUT2D eigenvalue weighted by Crippen LogP contribution is -2.12. The van der Waals surface area contributed by atoms with Crippen LogP contribution < -0.4 is 11.1 Å². The second-order valence-corrected chi connectivity index (χ2v) is 6.06. The normalized spacial score (nSPS) is 10.2. The zero-order valence-corrected chi connectivity index (χ0v) is 14.6. The maximum absolute atomic E-state index is 12.0. The molecule has 25 heavy (non-hydrogen) atoms. The summed E-state index contributed by atoms with van der Waals surface area (Å²) in [6.07, 6.45) is 1.83. The van der Waals surface area contributed by atoms with Gasteiger partial charge < -0.3 is 11.1 Å². The number of nitrogens with two attached hydrogens (primary N) is 1. The van der Waals surface area contributed by atoms with Crippen LogP contribution in [-0.2, 0) is 4.79 Å². The van der Waals surface area contributed by atoms with Gasteiger partial charge in [0.2, 0.25) is 5.91 Å². The minimum atomic E-state index is -0.0277. The summed E-state index contributed by atoms with van der Waals surface area (Å²) in [4.78, 5) is 14.7. The van der Waals surface area contributed by atoms with Gasteiger partial charge >= 0.3 is 0 Å². The van der Waals surface area contributed by atoms with E-state index in [9.17, 15) is 4.79 Å². The van der Waals surface area contributed by atoms with Gasteiger partial charge in [-0.25, -0.2) is 0 Å². The van der Waals surface area contributed by atoms with Gasteiger partial charge in [0.05, 0.1) is 0 Å². The van der Waals surface area contributed by atoms with Crippen LogP contribution in [-0.4, -0.2) is 12.5 Å². The predicted octanol–water partition coefficient (Wildman–Crippen LogP) is 4.97. The molecule has 0 saturated heterocycles. The number of aryl methyl sites for hydroxylation is 2. The molecule has 2 aromatic rings. The Balaban J connectivity index is 2.00. The van der Waals surface area contributed by atoms with Gasteiger partial charge in [-0.15, -0.1) is 0 Å². The Bertz CT molecular complexity index is 809. The maximum Gasteiger partial charge on any atom is 0.224 e. The van der Waals surface area contributed by atoms with Crippen molar-refractivity contribution in [1.82, 2.24) is 0 Å². The lowest BCUT2D eigenvalue weighted by atomic mass is 10.00. The third-order valence-electron chi connectivity index (χ3n) is 4.08. The first-order valence-corrected chi connectivity index (χ1v) is 8.29. The fraction of sp³-hybridized carbons (Fsp3) is 0.316. The molecule has 0 fully saturated rings. The van der Waals surface area contributed by atoms with Crippen molar-refractivity contribution in [2.24, 2.45) is 5.11 Å². The number of hydrogen-bond donors (Lipinski definition) is 2. The topological polar surface area (TPSA) is 104 Å². The maximum atomic E-state index is 12.0. The quantitative estimate of drug-likeness (QED) is 0.245. The number of rotatable bonds is 7. The number of azide groups is 1. The van der Waals surface area contributed by atoms with Crippen molar-refractivity contribution < 1.29 is 4.79 Å². The molecule has 3 N–H and O–H groups in total. The Hall–Kier alpha value is -2.98. The van der Waals surface area contributed by atoms with Crippen LogP contribution in [0.5, 0.6) is 0 Å². The number of nitrogens with zero attached hydrogens (tertiary/aromatic N) is 3. The van der Waals surface area contributed by atoms with E-state index < -0.39 is 0 Å². The van der Waals surface area contributed by atoms with Crippen molar-refractivity contribution in [3.63, 3.8) is 0 Å². The molecule has 0 saturated carbocycles. The van der Waals surface area contributed by atoms with Crippen LogP contribution in [0, 0.1) is 13.8 Å². The molecule has 130 valence electrons. The van der Waals surface area contributed by atoms with E-state index in [0.29, 0.717) is 25.8 Å². The first-order chi connectivity index (χ1) is 12.0. The summed E-state index contributed by atoms with van der Waals surface area (Å²) in [5.74, 6) is -0.0277. The van der Waals surface area contributed by atoms with Crippen LogP contribution in [0.2, 0.25) is 0 Å². The van der Waals surface area contributed by atoms with Crippen LogP contribution >= 0.6 is 0 Å². The fourth-order valence-electron chi connectivity index (χ4n) is 2.56. The second kappa shape index (κ2) is 8.76. The van der Waals surface area contributed by atoms with Crippen LogP contribution in [0.3, 0.4) is 0 Å². The molecule has 2 rings (SSSR count). The molecular formula is C19H23N5O. The number of nitrogen functional groups attached to an aromatic ring is 1. The zero-order chi connectivity index (χ0) is 18.2. The van der Waals surface area contributed by atoms with Crippen molar-refractivity contribution in [1.29, 1.82) is 0 Å². The molecule has 0 aliphatic rings. The van der Waals surface area contributed by atoms with Crippen molar-refractivity contribution in [3.8, 4) is 11.1 Å². The summed E-state index contributed by atoms with van der Waals surface area (Å²) in [7, 11) is 0. The molecule has 0 aromatic heterocycles. The summed E-state index contributed by atoms with van der Waals surface area (Å²) in [6, 6.07) is 11.9. The third-order valence-corrected chi connectivity index (χ3v) is 4.08. The molecule has 0 unspecified atom stereocenters. The molecule has 0 aliphatic carbocycles. The summed E-state index contributed by atoms with van der Waals surface area (Å²) in [6.45, 7) is 4.39. The van der Waals surface area contributed by atoms with Gasteiger partial charge in [0.1, 0.15) is 0 Å². The first-order valence-electron chi connectivity index (χ1n) is 8.29. The standard InChI is InChI=1S/C19H23N5O/c1-13-11-15(6-8-17(13)20)16-7-9-18(14(2)12-16)23-19(25)5-3-4-10-22-24-21/h6-9,11-12H,3-5,10,20H2,1-2H3,(H,23,25). The van der Waals surface area contributed by atoms with Crippen molar-refractivity contribution >= 4 is 17.3 Å². The highest BCUT2D eigenvalue weighted by Crippen LogP contribution is 2.27. The molecule has 0 heterocycles. The lowest BCUT2D eigenvalue weighted by molar-refractivity contribution is -0.116. The molecule has 0 atom stereocenters. The average molecular weight is 337 g/mol. The van der Waals surface area contributed by atoms with E-state index >= 15 is 0 Å². The highest BCUT2D eigenvalue weighted by molar-refractivity contribution is 5.91. The Labute approximate surface area is 147 Å². The summed E-state index contributed by atoms with van der Waals surface area (Å²) < 4.78 is 0.